The number of rotatable bonds is 5. The van der Waals surface area contributed by atoms with Crippen LogP contribution in [0.5, 0.6) is 0 Å². The van der Waals surface area contributed by atoms with Crippen molar-refractivity contribution in [1.29, 1.82) is 0 Å². The third-order valence-corrected chi connectivity index (χ3v) is 5.14. The van der Waals surface area contributed by atoms with E-state index < -0.39 is 5.60 Å². The van der Waals surface area contributed by atoms with Crippen LogP contribution in [0.2, 0.25) is 0 Å². The number of nitrogens with one attached hydrogen (secondary N) is 1. The fourth-order valence-electron chi connectivity index (χ4n) is 2.98. The quantitative estimate of drug-likeness (QED) is 0.830. The number of hydrogen-bond donors (Lipinski definition) is 2. The number of hydrogen-bond acceptors (Lipinski definition) is 5. The molecule has 2 aromatic rings. The van der Waals surface area contributed by atoms with Gasteiger partial charge in [0.05, 0.1) is 17.0 Å². The summed E-state index contributed by atoms with van der Waals surface area (Å²) in [6.45, 7) is 1.36. The van der Waals surface area contributed by atoms with Gasteiger partial charge in [-0.25, -0.2) is 4.98 Å². The molecule has 0 saturated heterocycles. The molecule has 2 aromatic heterocycles. The van der Waals surface area contributed by atoms with Crippen molar-refractivity contribution < 1.29 is 5.11 Å². The van der Waals surface area contributed by atoms with Crippen LogP contribution >= 0.6 is 11.3 Å². The third kappa shape index (κ3) is 4.12. The predicted octanol–water partition coefficient (Wildman–Crippen LogP) is 3.38. The third-order valence-electron chi connectivity index (χ3n) is 4.23. The smallest absolute Gasteiger partial charge is 0.142 e. The molecule has 2 heterocycles. The van der Waals surface area contributed by atoms with Gasteiger partial charge in [-0.2, -0.15) is 0 Å². The van der Waals surface area contributed by atoms with Crippen LogP contribution in [0.1, 0.15) is 44.2 Å². The Morgan fingerprint density at radius 3 is 2.73 bits per heavy atom. The number of thiazole rings is 1. The zero-order chi connectivity index (χ0) is 15.3. The molecule has 22 heavy (non-hydrogen) atoms. The van der Waals surface area contributed by atoms with E-state index in [1.807, 2.05) is 18.2 Å². The highest BCUT2D eigenvalue weighted by atomic mass is 32.1. The van der Waals surface area contributed by atoms with Gasteiger partial charge in [0, 0.05) is 24.7 Å². The number of nitrogens with zero attached hydrogens (tertiary/aromatic N) is 2. The maximum Gasteiger partial charge on any atom is 0.142 e. The van der Waals surface area contributed by atoms with Crippen molar-refractivity contribution in [3.63, 3.8) is 0 Å². The second kappa shape index (κ2) is 7.31. The Labute approximate surface area is 135 Å². The molecule has 0 aliphatic heterocycles. The second-order valence-corrected chi connectivity index (χ2v) is 6.96. The van der Waals surface area contributed by atoms with E-state index in [4.69, 9.17) is 0 Å². The molecule has 1 aliphatic carbocycles. The fraction of sp³-hybridized carbons (Fsp3) is 0.529. The molecule has 4 nitrogen and oxygen atoms in total. The predicted molar refractivity (Wildman–Crippen MR) is 89.7 cm³/mol. The maximum atomic E-state index is 10.6. The zero-order valence-corrected chi connectivity index (χ0v) is 13.6. The van der Waals surface area contributed by atoms with Gasteiger partial charge in [-0.05, 0) is 25.0 Å². The minimum absolute atomic E-state index is 0.531. The number of aliphatic hydroxyl groups is 1. The largest absolute Gasteiger partial charge is 0.389 e. The highest BCUT2D eigenvalue weighted by molar-refractivity contribution is 7.13. The van der Waals surface area contributed by atoms with Crippen molar-refractivity contribution in [2.75, 3.05) is 6.54 Å². The summed E-state index contributed by atoms with van der Waals surface area (Å²) < 4.78 is 0. The van der Waals surface area contributed by atoms with Crippen molar-refractivity contribution in [3.05, 3.63) is 35.5 Å². The van der Waals surface area contributed by atoms with E-state index >= 15 is 0 Å². The zero-order valence-electron chi connectivity index (χ0n) is 12.8. The van der Waals surface area contributed by atoms with E-state index in [0.717, 1.165) is 42.1 Å². The molecule has 0 aromatic carbocycles. The maximum absolute atomic E-state index is 10.6. The highest BCUT2D eigenvalue weighted by Gasteiger charge is 2.27. The molecule has 5 heteroatoms. The summed E-state index contributed by atoms with van der Waals surface area (Å²) in [4.78, 5) is 8.94. The molecule has 3 rings (SSSR count). The normalized spacial score (nSPS) is 18.0. The molecule has 1 fully saturated rings. The molecular weight excluding hydrogens is 294 g/mol. The van der Waals surface area contributed by atoms with Gasteiger partial charge in [0.15, 0.2) is 0 Å². The summed E-state index contributed by atoms with van der Waals surface area (Å²) in [7, 11) is 0. The summed E-state index contributed by atoms with van der Waals surface area (Å²) in [6, 6.07) is 5.86. The highest BCUT2D eigenvalue weighted by Crippen LogP contribution is 2.26. The van der Waals surface area contributed by atoms with Crippen molar-refractivity contribution in [2.45, 2.75) is 50.7 Å². The van der Waals surface area contributed by atoms with Gasteiger partial charge in [0.1, 0.15) is 5.01 Å². The van der Waals surface area contributed by atoms with Crippen LogP contribution in [0, 0.1) is 0 Å². The van der Waals surface area contributed by atoms with Crippen LogP contribution in [0.4, 0.5) is 0 Å². The second-order valence-electron chi connectivity index (χ2n) is 6.10. The van der Waals surface area contributed by atoms with E-state index in [9.17, 15) is 5.11 Å². The molecule has 0 spiro atoms. The molecule has 0 radical (unpaired) electrons. The lowest BCUT2D eigenvalue weighted by molar-refractivity contribution is 0.0250. The number of aromatic nitrogens is 2. The van der Waals surface area contributed by atoms with Crippen molar-refractivity contribution in [1.82, 2.24) is 15.3 Å². The van der Waals surface area contributed by atoms with Gasteiger partial charge in [0.2, 0.25) is 0 Å². The van der Waals surface area contributed by atoms with Crippen LogP contribution < -0.4 is 5.32 Å². The lowest BCUT2D eigenvalue weighted by Crippen LogP contribution is -2.39. The Kier molecular flexibility index (Phi) is 5.18. The Bertz CT molecular complexity index is 577. The molecule has 0 unspecified atom stereocenters. The molecular formula is C17H23N3OS. The standard InChI is InChI=1S/C17H23N3OS/c21-17(8-4-1-2-5-9-17)13-18-11-14-12-22-16(20-14)15-7-3-6-10-19-15/h3,6-7,10,12,18,21H,1-2,4-5,8-9,11,13H2. The summed E-state index contributed by atoms with van der Waals surface area (Å²) in [5.74, 6) is 0. The van der Waals surface area contributed by atoms with Gasteiger partial charge < -0.3 is 10.4 Å². The van der Waals surface area contributed by atoms with Gasteiger partial charge in [-0.3, -0.25) is 4.98 Å². The summed E-state index contributed by atoms with van der Waals surface area (Å²) in [5, 5.41) is 17.0. The molecule has 0 bridgehead atoms. The van der Waals surface area contributed by atoms with E-state index in [0.29, 0.717) is 13.1 Å². The first-order valence-corrected chi connectivity index (χ1v) is 8.92. The van der Waals surface area contributed by atoms with E-state index in [1.165, 1.54) is 12.8 Å². The van der Waals surface area contributed by atoms with Crippen molar-refractivity contribution in [2.24, 2.45) is 0 Å². The van der Waals surface area contributed by atoms with Crippen molar-refractivity contribution in [3.8, 4) is 10.7 Å². The monoisotopic (exact) mass is 317 g/mol. The minimum atomic E-state index is -0.531. The summed E-state index contributed by atoms with van der Waals surface area (Å²) in [5.41, 5.74) is 1.40. The first kappa shape index (κ1) is 15.6. The van der Waals surface area contributed by atoms with Gasteiger partial charge >= 0.3 is 0 Å². The molecule has 1 aliphatic rings. The van der Waals surface area contributed by atoms with Crippen LogP contribution in [-0.2, 0) is 6.54 Å². The van der Waals surface area contributed by atoms with E-state index in [1.54, 1.807) is 17.5 Å². The Morgan fingerprint density at radius 1 is 1.18 bits per heavy atom. The average Bonchev–Trinajstić information content (AvgIpc) is 2.90. The lowest BCUT2D eigenvalue weighted by Gasteiger charge is -2.26. The van der Waals surface area contributed by atoms with Crippen molar-refractivity contribution >= 4 is 11.3 Å². The number of pyridine rings is 1. The van der Waals surface area contributed by atoms with E-state index in [2.05, 4.69) is 20.7 Å². The lowest BCUT2D eigenvalue weighted by atomic mass is 9.94. The minimum Gasteiger partial charge on any atom is -0.389 e. The van der Waals surface area contributed by atoms with Crippen LogP contribution in [0.3, 0.4) is 0 Å². The molecule has 0 atom stereocenters. The first-order valence-electron chi connectivity index (χ1n) is 8.04. The molecule has 1 saturated carbocycles. The van der Waals surface area contributed by atoms with Gasteiger partial charge in [-0.15, -0.1) is 11.3 Å². The fourth-order valence-corrected chi connectivity index (χ4v) is 3.78. The molecule has 0 amide bonds. The van der Waals surface area contributed by atoms with Gasteiger partial charge in [-0.1, -0.05) is 31.7 Å². The Balaban J connectivity index is 1.53. The molecule has 118 valence electrons. The average molecular weight is 317 g/mol. The van der Waals surface area contributed by atoms with Gasteiger partial charge in [0.25, 0.3) is 0 Å². The van der Waals surface area contributed by atoms with Crippen LogP contribution in [0.25, 0.3) is 10.7 Å². The van der Waals surface area contributed by atoms with Crippen LogP contribution in [0.15, 0.2) is 29.8 Å². The SMILES string of the molecule is OC1(CNCc2csc(-c3ccccn3)n2)CCCCCC1. The van der Waals surface area contributed by atoms with Crippen LogP contribution in [-0.4, -0.2) is 27.2 Å². The summed E-state index contributed by atoms with van der Waals surface area (Å²) >= 11 is 1.61. The first-order chi connectivity index (χ1) is 10.8. The van der Waals surface area contributed by atoms with E-state index in [-0.39, 0.29) is 0 Å². The summed E-state index contributed by atoms with van der Waals surface area (Å²) in [6.07, 6.45) is 8.39. The Hall–Kier alpha value is -1.30. The Morgan fingerprint density at radius 2 is 2.00 bits per heavy atom. The topological polar surface area (TPSA) is 58.0 Å². The molecule has 2 N–H and O–H groups in total.